The van der Waals surface area contributed by atoms with E-state index in [0.717, 1.165) is 24.0 Å². The number of rotatable bonds is 9. The third-order valence-electron chi connectivity index (χ3n) is 8.28. The molecule has 0 aliphatic heterocycles. The summed E-state index contributed by atoms with van der Waals surface area (Å²) in [5.74, 6) is 1.68. The van der Waals surface area contributed by atoms with Crippen molar-refractivity contribution in [1.29, 1.82) is 0 Å². The van der Waals surface area contributed by atoms with Gasteiger partial charge in [0.15, 0.2) is 0 Å². The van der Waals surface area contributed by atoms with Crippen molar-refractivity contribution in [2.24, 2.45) is 26.9 Å². The average molecular weight is 540 g/mol. The van der Waals surface area contributed by atoms with Gasteiger partial charge >= 0.3 is 0 Å². The zero-order chi connectivity index (χ0) is 26.8. The first kappa shape index (κ1) is 27.8. The quantitative estimate of drug-likeness (QED) is 0.301. The molecule has 0 spiro atoms. The monoisotopic (exact) mass is 539 g/mol. The summed E-state index contributed by atoms with van der Waals surface area (Å²) in [4.78, 5) is 1.22. The van der Waals surface area contributed by atoms with Gasteiger partial charge in [-0.3, -0.25) is 0 Å². The fourth-order valence-electron chi connectivity index (χ4n) is 6.22. The van der Waals surface area contributed by atoms with Crippen molar-refractivity contribution in [2.75, 3.05) is 0 Å². The van der Waals surface area contributed by atoms with E-state index in [-0.39, 0.29) is 10.3 Å². The summed E-state index contributed by atoms with van der Waals surface area (Å²) < 4.78 is 46.3. The van der Waals surface area contributed by atoms with Gasteiger partial charge in [-0.05, 0) is 67.4 Å². The van der Waals surface area contributed by atoms with E-state index in [2.05, 4.69) is 43.6 Å². The van der Waals surface area contributed by atoms with E-state index in [0.29, 0.717) is 34.0 Å². The van der Waals surface area contributed by atoms with Gasteiger partial charge in [0.05, 0.1) is 9.79 Å². The molecule has 2 aliphatic rings. The minimum atomic E-state index is -4.14. The van der Waals surface area contributed by atoms with Crippen molar-refractivity contribution in [3.8, 4) is 0 Å². The van der Waals surface area contributed by atoms with E-state index in [4.69, 9.17) is 0 Å². The van der Waals surface area contributed by atoms with Crippen LogP contribution >= 0.6 is 0 Å². The SMILES string of the molecule is Cc1ccc(S(=O)(=O)N=[S@@](=O)(C2=C3CC[C@H]([C@H](C)CCCC(C)C)[C@@]3(C)C=CC2)c2ccccc2)cc1. The van der Waals surface area contributed by atoms with Gasteiger partial charge in [0, 0.05) is 16.7 Å². The van der Waals surface area contributed by atoms with Gasteiger partial charge < -0.3 is 0 Å². The summed E-state index contributed by atoms with van der Waals surface area (Å²) in [6.07, 6.45) is 10.3. The molecule has 4 nitrogen and oxygen atoms in total. The largest absolute Gasteiger partial charge is 0.290 e. The topological polar surface area (TPSA) is 63.6 Å². The molecule has 0 bridgehead atoms. The van der Waals surface area contributed by atoms with Crippen molar-refractivity contribution in [2.45, 2.75) is 82.9 Å². The lowest BCUT2D eigenvalue weighted by Crippen LogP contribution is -2.29. The van der Waals surface area contributed by atoms with Crippen LogP contribution in [0.5, 0.6) is 0 Å². The number of allylic oxidation sites excluding steroid dienone is 4. The zero-order valence-corrected chi connectivity index (χ0v) is 24.4. The highest BCUT2D eigenvalue weighted by atomic mass is 32.3. The Bertz CT molecular complexity index is 1400. The van der Waals surface area contributed by atoms with Gasteiger partial charge in [-0.2, -0.15) is 8.42 Å². The second-order valence-electron chi connectivity index (χ2n) is 11.4. The van der Waals surface area contributed by atoms with Gasteiger partial charge in [-0.15, -0.1) is 0 Å². The van der Waals surface area contributed by atoms with Crippen molar-refractivity contribution in [3.63, 3.8) is 0 Å². The smallest absolute Gasteiger partial charge is 0.239 e. The Morgan fingerprint density at radius 2 is 1.62 bits per heavy atom. The Morgan fingerprint density at radius 3 is 2.27 bits per heavy atom. The Morgan fingerprint density at radius 1 is 0.946 bits per heavy atom. The highest BCUT2D eigenvalue weighted by molar-refractivity contribution is 8.05. The van der Waals surface area contributed by atoms with Crippen LogP contribution in [0.15, 0.2) is 90.8 Å². The van der Waals surface area contributed by atoms with Crippen LogP contribution in [0, 0.1) is 30.1 Å². The van der Waals surface area contributed by atoms with Crippen molar-refractivity contribution in [3.05, 3.63) is 82.8 Å². The normalized spacial score (nSPS) is 24.1. The minimum Gasteiger partial charge on any atom is -0.239 e. The molecule has 1 saturated carbocycles. The molecule has 37 heavy (non-hydrogen) atoms. The first-order chi connectivity index (χ1) is 17.5. The fourth-order valence-corrected chi connectivity index (χ4v) is 10.6. The maximum atomic E-state index is 15.0. The lowest BCUT2D eigenvalue weighted by Gasteiger charge is -2.38. The van der Waals surface area contributed by atoms with Gasteiger partial charge in [0.1, 0.15) is 9.73 Å². The van der Waals surface area contributed by atoms with Crippen LogP contribution in [0.4, 0.5) is 0 Å². The highest BCUT2D eigenvalue weighted by Crippen LogP contribution is 2.57. The second kappa shape index (κ2) is 10.9. The van der Waals surface area contributed by atoms with E-state index in [9.17, 15) is 12.6 Å². The lowest BCUT2D eigenvalue weighted by molar-refractivity contribution is 0.227. The molecule has 0 saturated heterocycles. The van der Waals surface area contributed by atoms with Gasteiger partial charge in [-0.25, -0.2) is 4.21 Å². The molecule has 0 aromatic heterocycles. The Labute approximate surface area is 224 Å². The van der Waals surface area contributed by atoms with Crippen molar-refractivity contribution >= 4 is 19.8 Å². The molecule has 0 radical (unpaired) electrons. The van der Waals surface area contributed by atoms with Crippen LogP contribution in [0.2, 0.25) is 0 Å². The van der Waals surface area contributed by atoms with Crippen molar-refractivity contribution in [1.82, 2.24) is 0 Å². The summed E-state index contributed by atoms with van der Waals surface area (Å²) in [5, 5.41) is 0. The molecule has 6 heteroatoms. The van der Waals surface area contributed by atoms with Gasteiger partial charge in [-0.1, -0.05) is 98.8 Å². The molecule has 2 aromatic rings. The van der Waals surface area contributed by atoms with Crippen molar-refractivity contribution < 1.29 is 12.6 Å². The maximum Gasteiger partial charge on any atom is 0.290 e. The zero-order valence-electron chi connectivity index (χ0n) is 22.8. The first-order valence-corrected chi connectivity index (χ1v) is 16.5. The summed E-state index contributed by atoms with van der Waals surface area (Å²) >= 11 is 0. The van der Waals surface area contributed by atoms with Crippen LogP contribution in [0.1, 0.15) is 71.8 Å². The molecule has 1 fully saturated rings. The predicted octanol–water partition coefficient (Wildman–Crippen LogP) is 8.30. The highest BCUT2D eigenvalue weighted by Gasteiger charge is 2.47. The number of sulfonamides is 1. The summed E-state index contributed by atoms with van der Waals surface area (Å²) in [6, 6.07) is 15.6. The van der Waals surface area contributed by atoms with Crippen LogP contribution in [-0.4, -0.2) is 12.6 Å². The molecule has 0 N–H and O–H groups in total. The van der Waals surface area contributed by atoms with E-state index < -0.39 is 19.8 Å². The molecular formula is C31H41NO3S2. The number of fused-ring (bicyclic) bond motifs is 1. The Hall–Kier alpha value is -2.18. The van der Waals surface area contributed by atoms with Crippen LogP contribution in [0.3, 0.4) is 0 Å². The molecule has 4 rings (SSSR count). The second-order valence-corrected chi connectivity index (χ2v) is 15.5. The molecule has 0 amide bonds. The molecule has 4 atom stereocenters. The number of aryl methyl sites for hydroxylation is 1. The van der Waals surface area contributed by atoms with E-state index >= 15 is 0 Å². The molecule has 0 heterocycles. The molecule has 2 aromatic carbocycles. The summed E-state index contributed by atoms with van der Waals surface area (Å²) in [7, 11) is -7.53. The van der Waals surface area contributed by atoms with Crippen LogP contribution < -0.4 is 0 Å². The number of benzene rings is 2. The first-order valence-electron chi connectivity index (χ1n) is 13.5. The van der Waals surface area contributed by atoms with E-state index in [1.807, 2.05) is 13.0 Å². The number of hydrogen-bond acceptors (Lipinski definition) is 3. The molecule has 200 valence electrons. The van der Waals surface area contributed by atoms with Crippen LogP contribution in [-0.2, 0) is 19.8 Å². The van der Waals surface area contributed by atoms with Gasteiger partial charge in [0.25, 0.3) is 10.0 Å². The molecular weight excluding hydrogens is 498 g/mol. The number of hydrogen-bond donors (Lipinski definition) is 0. The van der Waals surface area contributed by atoms with Crippen LogP contribution in [0.25, 0.3) is 0 Å². The van der Waals surface area contributed by atoms with E-state index in [1.54, 1.807) is 48.5 Å². The summed E-state index contributed by atoms with van der Waals surface area (Å²) in [6.45, 7) is 11.1. The summed E-state index contributed by atoms with van der Waals surface area (Å²) in [5.41, 5.74) is 1.86. The maximum absolute atomic E-state index is 15.0. The number of nitrogens with zero attached hydrogens (tertiary/aromatic N) is 1. The molecule has 2 aliphatic carbocycles. The lowest BCUT2D eigenvalue weighted by atomic mass is 9.69. The third kappa shape index (κ3) is 5.65. The van der Waals surface area contributed by atoms with Gasteiger partial charge in [0.2, 0.25) is 0 Å². The minimum absolute atomic E-state index is 0.0737. The fraction of sp³-hybridized carbons (Fsp3) is 0.484. The Kier molecular flexibility index (Phi) is 8.20. The molecule has 0 unspecified atom stereocenters. The predicted molar refractivity (Wildman–Crippen MR) is 153 cm³/mol. The third-order valence-corrected chi connectivity index (χ3v) is 12.8. The average Bonchev–Trinajstić information content (AvgIpc) is 3.21. The standard InChI is InChI=1S/C31H41NO3S2/c1-23(2)11-9-12-25(4)28-20-21-29-30(15-10-22-31(28,29)5)36(33,26-13-7-6-8-14-26)32-37(34,35)27-18-16-24(3)17-19-27/h6-8,10,13-14,16-19,22-23,25,28H,9,11-12,15,20-21H2,1-5H3/t25-,28-,31-,36+/m1/s1. The Balaban J connectivity index is 1.83. The van der Waals surface area contributed by atoms with E-state index in [1.165, 1.54) is 19.3 Å².